The Bertz CT molecular complexity index is 921. The molecule has 0 amide bonds. The quantitative estimate of drug-likeness (QED) is 0.541. The Morgan fingerprint density at radius 2 is 1.19 bits per heavy atom. The molecule has 6 nitrogen and oxygen atoms in total. The van der Waals surface area contributed by atoms with E-state index in [9.17, 15) is 20.4 Å². The van der Waals surface area contributed by atoms with Gasteiger partial charge in [0.25, 0.3) is 0 Å². The summed E-state index contributed by atoms with van der Waals surface area (Å²) in [6, 6.07) is -2.52. The zero-order valence-electron chi connectivity index (χ0n) is 20.6. The van der Waals surface area contributed by atoms with Crippen LogP contribution in [0.5, 0.6) is 23.0 Å². The molecular weight excluding hydrogens is 336 g/mol. The van der Waals surface area contributed by atoms with Crippen LogP contribution in [-0.4, -0.2) is 47.9 Å². The van der Waals surface area contributed by atoms with Crippen molar-refractivity contribution >= 4 is 0 Å². The Labute approximate surface area is 161 Å². The smallest absolute Gasteiger partial charge is 0.160 e. The van der Waals surface area contributed by atoms with Gasteiger partial charge in [-0.05, 0) is 60.0 Å². The van der Waals surface area contributed by atoms with Gasteiger partial charge in [-0.2, -0.15) is 0 Å². The lowest BCUT2D eigenvalue weighted by Gasteiger charge is -2.24. The van der Waals surface area contributed by atoms with Crippen molar-refractivity contribution in [2.24, 2.45) is 11.8 Å². The maximum atomic E-state index is 9.98. The zero-order chi connectivity index (χ0) is 24.3. The molecule has 2 aromatic rings. The van der Waals surface area contributed by atoms with Gasteiger partial charge in [-0.25, -0.2) is 0 Å². The molecule has 0 radical (unpaired) electrons. The van der Waals surface area contributed by atoms with Crippen LogP contribution in [0.1, 0.15) is 19.4 Å². The molecule has 26 heavy (non-hydrogen) atoms. The molecule has 2 aromatic carbocycles. The average molecular weight is 368 g/mol. The first-order valence-corrected chi connectivity index (χ1v) is 7.98. The van der Waals surface area contributed by atoms with Crippen LogP contribution >= 0.6 is 0 Å². The van der Waals surface area contributed by atoms with E-state index in [4.69, 9.17) is 17.7 Å². The summed E-state index contributed by atoms with van der Waals surface area (Å²) < 4.78 is 58.4. The lowest BCUT2D eigenvalue weighted by atomic mass is 9.83. The lowest BCUT2D eigenvalue weighted by Crippen LogP contribution is -2.26. The molecule has 0 heterocycles. The van der Waals surface area contributed by atoms with E-state index in [1.54, 1.807) is 0 Å². The van der Waals surface area contributed by atoms with Crippen molar-refractivity contribution in [2.45, 2.75) is 12.8 Å². The highest BCUT2D eigenvalue weighted by Crippen LogP contribution is 2.31. The van der Waals surface area contributed by atoms with Crippen molar-refractivity contribution in [1.29, 1.82) is 0 Å². The molecule has 0 bridgehead atoms. The molecule has 0 saturated heterocycles. The number of benzene rings is 2. The average Bonchev–Trinajstić information content (AvgIpc) is 2.78. The van der Waals surface area contributed by atoms with Gasteiger partial charge in [0.2, 0.25) is 0 Å². The zero-order valence-corrected chi connectivity index (χ0v) is 14.6. The fourth-order valence-electron chi connectivity index (χ4n) is 2.62. The van der Waals surface area contributed by atoms with E-state index in [2.05, 4.69) is 0 Å². The van der Waals surface area contributed by atoms with Gasteiger partial charge in [0.05, 0.1) is 22.4 Å². The van der Waals surface area contributed by atoms with Gasteiger partial charge in [0.1, 0.15) is 0 Å². The number of phenolic OH excluding ortho intramolecular Hbond substituents is 2. The fourth-order valence-corrected chi connectivity index (χ4v) is 2.62. The number of aliphatic hydroxyl groups excluding tert-OH is 2. The van der Waals surface area contributed by atoms with Crippen molar-refractivity contribution in [3.05, 3.63) is 47.4 Å². The number of rotatable bonds is 9. The third-order valence-electron chi connectivity index (χ3n) is 4.10. The Balaban J connectivity index is 2.49. The van der Waals surface area contributed by atoms with Crippen molar-refractivity contribution in [1.82, 2.24) is 0 Å². The van der Waals surface area contributed by atoms with Crippen LogP contribution in [-0.2, 0) is 12.8 Å². The second kappa shape index (κ2) is 9.31. The lowest BCUT2D eigenvalue weighted by molar-refractivity contribution is 0.119. The van der Waals surface area contributed by atoms with Crippen LogP contribution in [0.25, 0.3) is 0 Å². The summed E-state index contributed by atoms with van der Waals surface area (Å²) in [4.78, 5) is 0. The molecule has 6 heteroatoms. The third kappa shape index (κ3) is 4.80. The molecule has 142 valence electrons. The monoisotopic (exact) mass is 368 g/mol. The first kappa shape index (κ1) is 12.8. The van der Waals surface area contributed by atoms with Gasteiger partial charge in [-0.1, -0.05) is 12.1 Å². The topological polar surface area (TPSA) is 99.4 Å². The molecule has 0 saturated carbocycles. The van der Waals surface area contributed by atoms with Crippen molar-refractivity contribution in [2.75, 3.05) is 27.4 Å². The highest BCUT2D eigenvalue weighted by Gasteiger charge is 2.22. The predicted molar refractivity (Wildman–Crippen MR) is 97.9 cm³/mol. The van der Waals surface area contributed by atoms with E-state index in [0.29, 0.717) is 0 Å². The number of methoxy groups -OCH3 is 2. The molecule has 0 aliphatic heterocycles. The number of hydrogen-bond donors (Lipinski definition) is 4. The predicted octanol–water partition coefficient (Wildman–Crippen LogP) is 2.12. The van der Waals surface area contributed by atoms with E-state index >= 15 is 0 Å². The molecule has 2 rings (SSSR count). The highest BCUT2D eigenvalue weighted by atomic mass is 16.5. The highest BCUT2D eigenvalue weighted by molar-refractivity contribution is 5.43. The number of hydrogen-bond acceptors (Lipinski definition) is 6. The standard InChI is InChI=1S/C20H26O6/c1-25-19-9-13(3-5-17(19)23)7-15(11-21)16(12-22)8-14-4-6-18(24)20(10-14)26-2/h3-6,9-10,15-16,21-24H,7-8,11-12H2,1-2H3/i3D,4D,5D,6D,9D,10D. The first-order chi connectivity index (χ1) is 15.0. The van der Waals surface area contributed by atoms with Crippen molar-refractivity contribution < 1.29 is 38.1 Å². The molecule has 0 spiro atoms. The van der Waals surface area contributed by atoms with Crippen LogP contribution in [0.2, 0.25) is 0 Å². The van der Waals surface area contributed by atoms with Crippen LogP contribution in [0, 0.1) is 11.8 Å². The fraction of sp³-hybridized carbons (Fsp3) is 0.400. The van der Waals surface area contributed by atoms with Crippen LogP contribution in [0.15, 0.2) is 36.3 Å². The van der Waals surface area contributed by atoms with Gasteiger partial charge in [0, 0.05) is 13.2 Å². The SMILES string of the molecule is [2H]c1c([2H])c(CC(CO)C(CO)Cc2c([2H])c([2H])c(O)c(OC)c2[2H])c([2H])c(OC)c1O. The van der Waals surface area contributed by atoms with E-state index in [-0.39, 0.29) is 47.6 Å². The Morgan fingerprint density at radius 1 is 0.808 bits per heavy atom. The van der Waals surface area contributed by atoms with E-state index in [1.165, 1.54) is 14.2 Å². The van der Waals surface area contributed by atoms with Crippen molar-refractivity contribution in [3.63, 3.8) is 0 Å². The summed E-state index contributed by atoms with van der Waals surface area (Å²) in [7, 11) is 2.42. The van der Waals surface area contributed by atoms with Gasteiger partial charge in [0.15, 0.2) is 23.0 Å². The van der Waals surface area contributed by atoms with Crippen LogP contribution in [0.3, 0.4) is 0 Å². The number of aliphatic hydroxyl groups is 2. The largest absolute Gasteiger partial charge is 0.504 e. The number of phenols is 2. The van der Waals surface area contributed by atoms with Gasteiger partial charge in [-0.3, -0.25) is 0 Å². The maximum absolute atomic E-state index is 9.98. The van der Waals surface area contributed by atoms with Crippen LogP contribution < -0.4 is 9.47 Å². The molecule has 0 aliphatic rings. The molecule has 2 atom stereocenters. The van der Waals surface area contributed by atoms with E-state index in [1.807, 2.05) is 0 Å². The Kier molecular flexibility index (Phi) is 4.60. The number of aromatic hydroxyl groups is 2. The summed E-state index contributed by atoms with van der Waals surface area (Å²) in [5.74, 6) is -3.33. The number of ether oxygens (including phenoxy) is 2. The Morgan fingerprint density at radius 3 is 1.50 bits per heavy atom. The van der Waals surface area contributed by atoms with Crippen LogP contribution in [0.4, 0.5) is 0 Å². The second-order valence-electron chi connectivity index (χ2n) is 5.76. The van der Waals surface area contributed by atoms with Gasteiger partial charge in [-0.15, -0.1) is 0 Å². The summed E-state index contributed by atoms with van der Waals surface area (Å²) >= 11 is 0. The maximum Gasteiger partial charge on any atom is 0.160 e. The van der Waals surface area contributed by atoms with Crippen molar-refractivity contribution in [3.8, 4) is 23.0 Å². The minimum atomic E-state index is -0.755. The van der Waals surface area contributed by atoms with Gasteiger partial charge < -0.3 is 29.9 Å². The minimum absolute atomic E-state index is 0.0313. The third-order valence-corrected chi connectivity index (χ3v) is 4.10. The molecule has 2 unspecified atom stereocenters. The normalized spacial score (nSPS) is 16.5. The summed E-state index contributed by atoms with van der Waals surface area (Å²) in [5, 5.41) is 39.9. The summed E-state index contributed by atoms with van der Waals surface area (Å²) in [5.41, 5.74) is 0.0626. The van der Waals surface area contributed by atoms with E-state index in [0.717, 1.165) is 0 Å². The van der Waals surface area contributed by atoms with E-state index < -0.39 is 60.7 Å². The molecule has 0 fully saturated rings. The minimum Gasteiger partial charge on any atom is -0.504 e. The Hall–Kier alpha value is -2.44. The molecule has 0 aromatic heterocycles. The van der Waals surface area contributed by atoms with Gasteiger partial charge >= 0.3 is 0 Å². The second-order valence-corrected chi connectivity index (χ2v) is 5.76. The molecular formula is C20H26O6. The molecule has 0 aliphatic carbocycles. The molecule has 4 N–H and O–H groups in total. The first-order valence-electron chi connectivity index (χ1n) is 11.0. The summed E-state index contributed by atoms with van der Waals surface area (Å²) in [6.07, 6.45) is -0.239. The summed E-state index contributed by atoms with van der Waals surface area (Å²) in [6.45, 7) is -0.964.